The molecule has 2 bridgehead atoms. The lowest BCUT2D eigenvalue weighted by Gasteiger charge is -2.22. The molecule has 2 aliphatic carbocycles. The summed E-state index contributed by atoms with van der Waals surface area (Å²) in [6.07, 6.45) is 5.06. The first-order valence-corrected chi connectivity index (χ1v) is 10.3. The second-order valence-corrected chi connectivity index (χ2v) is 7.98. The number of aromatic nitrogens is 3. The van der Waals surface area contributed by atoms with Gasteiger partial charge in [0.15, 0.2) is 5.82 Å². The van der Waals surface area contributed by atoms with Gasteiger partial charge >= 0.3 is 0 Å². The van der Waals surface area contributed by atoms with E-state index < -0.39 is 0 Å². The topological polar surface area (TPSA) is 79.9 Å². The second-order valence-electron chi connectivity index (χ2n) is 7.03. The quantitative estimate of drug-likeness (QED) is 0.729. The van der Waals surface area contributed by atoms with Crippen LogP contribution in [0, 0.1) is 11.8 Å². The number of carbonyl (C=O) groups is 1. The van der Waals surface area contributed by atoms with E-state index in [1.54, 1.807) is 0 Å². The summed E-state index contributed by atoms with van der Waals surface area (Å²) in [5, 5.41) is 11.0. The number of H-pyrrole nitrogens is 1. The molecule has 2 N–H and O–H groups in total. The molecule has 0 saturated heterocycles. The molecular weight excluding hydrogens is 348 g/mol. The zero-order valence-electron chi connectivity index (χ0n) is 14.9. The van der Waals surface area contributed by atoms with Crippen LogP contribution in [0.4, 0.5) is 0 Å². The maximum Gasteiger partial charge on any atom is 0.230 e. The molecule has 0 unspecified atom stereocenters. The number of nitrogens with zero attached hydrogens (tertiary/aromatic N) is 2. The van der Waals surface area contributed by atoms with Crippen LogP contribution in [-0.4, -0.2) is 39.5 Å². The van der Waals surface area contributed by atoms with Crippen molar-refractivity contribution in [3.63, 3.8) is 0 Å². The highest BCUT2D eigenvalue weighted by Gasteiger charge is 2.40. The van der Waals surface area contributed by atoms with Crippen LogP contribution in [0.25, 0.3) is 11.4 Å². The third-order valence-electron chi connectivity index (χ3n) is 5.32. The SMILES string of the molecule is CCOc1ccccc1-c1nc(SCC(=O)N[C@@H]2C[C@H]3CC[C@@H]2C3)n[nH]1. The Balaban J connectivity index is 1.33. The van der Waals surface area contributed by atoms with Crippen LogP contribution in [0.5, 0.6) is 5.75 Å². The van der Waals surface area contributed by atoms with E-state index >= 15 is 0 Å². The Morgan fingerprint density at radius 1 is 1.35 bits per heavy atom. The van der Waals surface area contributed by atoms with Crippen LogP contribution in [-0.2, 0) is 4.79 Å². The lowest BCUT2D eigenvalue weighted by Crippen LogP contribution is -2.39. The van der Waals surface area contributed by atoms with Crippen molar-refractivity contribution in [1.29, 1.82) is 0 Å². The molecule has 0 radical (unpaired) electrons. The lowest BCUT2D eigenvalue weighted by molar-refractivity contribution is -0.119. The van der Waals surface area contributed by atoms with Gasteiger partial charge in [0.1, 0.15) is 5.75 Å². The fraction of sp³-hybridized carbons (Fsp3) is 0.526. The van der Waals surface area contributed by atoms with Crippen LogP contribution < -0.4 is 10.1 Å². The first-order chi connectivity index (χ1) is 12.7. The molecule has 3 atom stereocenters. The number of para-hydroxylation sites is 1. The highest BCUT2D eigenvalue weighted by molar-refractivity contribution is 7.99. The summed E-state index contributed by atoms with van der Waals surface area (Å²) >= 11 is 1.36. The summed E-state index contributed by atoms with van der Waals surface area (Å²) in [5.74, 6) is 3.38. The average Bonchev–Trinajstić information content (AvgIpc) is 3.38. The summed E-state index contributed by atoms with van der Waals surface area (Å²) in [6.45, 7) is 2.54. The summed E-state index contributed by atoms with van der Waals surface area (Å²) < 4.78 is 5.64. The van der Waals surface area contributed by atoms with Crippen molar-refractivity contribution < 1.29 is 9.53 Å². The largest absolute Gasteiger partial charge is 0.493 e. The highest BCUT2D eigenvalue weighted by atomic mass is 32.2. The molecule has 1 aromatic carbocycles. The van der Waals surface area contributed by atoms with E-state index in [0.717, 1.165) is 23.7 Å². The molecular formula is C19H24N4O2S. The smallest absolute Gasteiger partial charge is 0.230 e. The second kappa shape index (κ2) is 7.70. The van der Waals surface area contributed by atoms with Gasteiger partial charge in [0, 0.05) is 6.04 Å². The van der Waals surface area contributed by atoms with E-state index in [9.17, 15) is 4.79 Å². The minimum absolute atomic E-state index is 0.0774. The lowest BCUT2D eigenvalue weighted by atomic mass is 9.95. The molecule has 138 valence electrons. The van der Waals surface area contributed by atoms with E-state index in [4.69, 9.17) is 4.74 Å². The number of nitrogens with one attached hydrogen (secondary N) is 2. The van der Waals surface area contributed by atoms with Crippen molar-refractivity contribution >= 4 is 17.7 Å². The average molecular weight is 372 g/mol. The van der Waals surface area contributed by atoms with Crippen molar-refractivity contribution in [3.05, 3.63) is 24.3 Å². The molecule has 2 aromatic rings. The number of ether oxygens (including phenoxy) is 1. The summed E-state index contributed by atoms with van der Waals surface area (Å²) in [7, 11) is 0. The maximum atomic E-state index is 12.2. The van der Waals surface area contributed by atoms with E-state index in [1.165, 1.54) is 31.0 Å². The van der Waals surface area contributed by atoms with Gasteiger partial charge in [0.2, 0.25) is 11.1 Å². The first-order valence-electron chi connectivity index (χ1n) is 9.29. The fourth-order valence-electron chi connectivity index (χ4n) is 4.18. The number of hydrogen-bond donors (Lipinski definition) is 2. The fourth-order valence-corrected chi connectivity index (χ4v) is 4.78. The Bertz CT molecular complexity index is 778. The van der Waals surface area contributed by atoms with Crippen LogP contribution in [0.1, 0.15) is 32.6 Å². The monoisotopic (exact) mass is 372 g/mol. The van der Waals surface area contributed by atoms with Crippen molar-refractivity contribution in [2.24, 2.45) is 11.8 Å². The summed E-state index contributed by atoms with van der Waals surface area (Å²) in [5.41, 5.74) is 0.875. The number of carbonyl (C=O) groups excluding carboxylic acids is 1. The molecule has 26 heavy (non-hydrogen) atoms. The number of aromatic amines is 1. The Morgan fingerprint density at radius 3 is 3.00 bits per heavy atom. The molecule has 2 saturated carbocycles. The number of thioether (sulfide) groups is 1. The zero-order chi connectivity index (χ0) is 17.9. The van der Waals surface area contributed by atoms with Crippen molar-refractivity contribution in [2.75, 3.05) is 12.4 Å². The molecule has 1 aromatic heterocycles. The normalized spacial score (nSPS) is 24.0. The van der Waals surface area contributed by atoms with Crippen LogP contribution in [0.3, 0.4) is 0 Å². The molecule has 1 heterocycles. The van der Waals surface area contributed by atoms with Crippen LogP contribution in [0.2, 0.25) is 0 Å². The van der Waals surface area contributed by atoms with Gasteiger partial charge in [-0.3, -0.25) is 9.89 Å². The van der Waals surface area contributed by atoms with E-state index in [-0.39, 0.29) is 5.91 Å². The highest BCUT2D eigenvalue weighted by Crippen LogP contribution is 2.44. The Morgan fingerprint density at radius 2 is 2.23 bits per heavy atom. The van der Waals surface area contributed by atoms with Gasteiger partial charge in [-0.2, -0.15) is 0 Å². The van der Waals surface area contributed by atoms with E-state index in [0.29, 0.717) is 35.3 Å². The molecule has 4 rings (SSSR count). The van der Waals surface area contributed by atoms with Gasteiger partial charge in [0.25, 0.3) is 0 Å². The maximum absolute atomic E-state index is 12.2. The Labute approximate surface area is 157 Å². The van der Waals surface area contributed by atoms with Gasteiger partial charge in [-0.05, 0) is 50.2 Å². The molecule has 2 aliphatic rings. The van der Waals surface area contributed by atoms with E-state index in [2.05, 4.69) is 20.5 Å². The van der Waals surface area contributed by atoms with Crippen molar-refractivity contribution in [2.45, 2.75) is 43.8 Å². The molecule has 1 amide bonds. The number of fused-ring (bicyclic) bond motifs is 2. The van der Waals surface area contributed by atoms with Gasteiger partial charge in [-0.15, -0.1) is 5.10 Å². The molecule has 6 nitrogen and oxygen atoms in total. The van der Waals surface area contributed by atoms with Crippen molar-refractivity contribution in [3.8, 4) is 17.1 Å². The van der Waals surface area contributed by atoms with Crippen molar-refractivity contribution in [1.82, 2.24) is 20.5 Å². The first kappa shape index (κ1) is 17.4. The predicted molar refractivity (Wildman–Crippen MR) is 101 cm³/mol. The number of hydrogen-bond acceptors (Lipinski definition) is 5. The molecule has 0 aliphatic heterocycles. The van der Waals surface area contributed by atoms with Gasteiger partial charge < -0.3 is 10.1 Å². The predicted octanol–water partition coefficient (Wildman–Crippen LogP) is 3.27. The minimum Gasteiger partial charge on any atom is -0.493 e. The standard InChI is InChI=1S/C19H24N4O2S/c1-2-25-16-6-4-3-5-14(16)18-21-19(23-22-18)26-11-17(24)20-15-10-12-7-8-13(15)9-12/h3-6,12-13,15H,2,7-11H2,1H3,(H,20,24)(H,21,22,23)/t12-,13+,15+/m0/s1. The number of rotatable bonds is 7. The minimum atomic E-state index is 0.0774. The zero-order valence-corrected chi connectivity index (χ0v) is 15.7. The molecule has 0 spiro atoms. The van der Waals surface area contributed by atoms with Gasteiger partial charge in [-0.25, -0.2) is 4.98 Å². The third kappa shape index (κ3) is 3.72. The summed E-state index contributed by atoms with van der Waals surface area (Å²) in [6, 6.07) is 8.11. The van der Waals surface area contributed by atoms with Crippen LogP contribution >= 0.6 is 11.8 Å². The third-order valence-corrected chi connectivity index (χ3v) is 6.17. The van der Waals surface area contributed by atoms with Gasteiger partial charge in [-0.1, -0.05) is 30.3 Å². The Hall–Kier alpha value is -2.02. The van der Waals surface area contributed by atoms with E-state index in [1.807, 2.05) is 31.2 Å². The molecule has 7 heteroatoms. The number of benzene rings is 1. The Kier molecular flexibility index (Phi) is 5.15. The summed E-state index contributed by atoms with van der Waals surface area (Å²) in [4.78, 5) is 16.7. The van der Waals surface area contributed by atoms with Gasteiger partial charge in [0.05, 0.1) is 17.9 Å². The molecule has 2 fully saturated rings. The number of amides is 1. The van der Waals surface area contributed by atoms with Crippen LogP contribution in [0.15, 0.2) is 29.4 Å².